The van der Waals surface area contributed by atoms with Gasteiger partial charge in [0.05, 0.1) is 46.1 Å². The van der Waals surface area contributed by atoms with Gasteiger partial charge in [0.25, 0.3) is 0 Å². The van der Waals surface area contributed by atoms with Crippen molar-refractivity contribution in [3.63, 3.8) is 0 Å². The molecule has 3 unspecified atom stereocenters. The van der Waals surface area contributed by atoms with E-state index in [1.165, 1.54) is 38.1 Å². The molecule has 3 aliphatic carbocycles. The average molecular weight is 2030 g/mol. The van der Waals surface area contributed by atoms with Gasteiger partial charge in [0.2, 0.25) is 50.2 Å². The molecule has 0 spiro atoms. The second-order valence-corrected chi connectivity index (χ2v) is 51.2. The van der Waals surface area contributed by atoms with Crippen molar-refractivity contribution in [2.45, 2.75) is 361 Å². The zero-order valence-electron chi connectivity index (χ0n) is 84.8. The first kappa shape index (κ1) is 109. The number of amides is 12. The molecule has 0 aromatic heterocycles. The number of benzene rings is 3. The predicted molar refractivity (Wildman–Crippen MR) is 523 cm³/mol. The van der Waals surface area contributed by atoms with Crippen LogP contribution in [0.25, 0.3) is 0 Å². The van der Waals surface area contributed by atoms with Gasteiger partial charge in [-0.1, -0.05) is 202 Å². The zero-order chi connectivity index (χ0) is 102. The van der Waals surface area contributed by atoms with E-state index in [1.807, 2.05) is 77.9 Å². The minimum atomic E-state index is -4.26. The van der Waals surface area contributed by atoms with Crippen LogP contribution in [0, 0.1) is 34.0 Å². The Hall–Kier alpha value is -9.37. The maximum absolute atomic E-state index is 14.3. The molecule has 12 bridgehead atoms. The maximum Gasteiger partial charge on any atom is 0.410 e. The third-order valence-corrected chi connectivity index (χ3v) is 37.7. The van der Waals surface area contributed by atoms with Crippen molar-refractivity contribution in [1.82, 2.24) is 61.3 Å². The van der Waals surface area contributed by atoms with Gasteiger partial charge in [0.15, 0.2) is 0 Å². The van der Waals surface area contributed by atoms with Crippen LogP contribution >= 0.6 is 22.3 Å². The Balaban J connectivity index is 0.000000178. The van der Waals surface area contributed by atoms with Gasteiger partial charge in [-0.25, -0.2) is 28.8 Å². The Kier molecular flexibility index (Phi) is 34.5. The molecule has 141 heavy (non-hydrogen) atoms. The maximum atomic E-state index is 14.3. The molecule has 3 saturated carbocycles. The number of carbonyl (C=O) groups is 12. The number of rotatable bonds is 15. The van der Waals surface area contributed by atoms with E-state index < -0.39 is 181 Å². The van der Waals surface area contributed by atoms with E-state index in [2.05, 4.69) is 50.1 Å². The van der Waals surface area contributed by atoms with Gasteiger partial charge < -0.3 is 94.2 Å². The van der Waals surface area contributed by atoms with Crippen molar-refractivity contribution in [3.8, 4) is 0 Å². The Bertz CT molecular complexity index is 5290. The van der Waals surface area contributed by atoms with E-state index in [-0.39, 0.29) is 95.7 Å². The van der Waals surface area contributed by atoms with Gasteiger partial charge in [0, 0.05) is 71.4 Å². The predicted octanol–water partition coefficient (Wildman–Crippen LogP) is 14.2. The first-order valence-corrected chi connectivity index (χ1v) is 56.5. The lowest BCUT2D eigenvalue weighted by Crippen LogP contribution is -2.58. The molecule has 37 nitrogen and oxygen atoms in total. The molecule has 18 atom stereocenters. The molecule has 780 valence electrons. The molecule has 3 saturated heterocycles. The fraction of sp³-hybridized carbons (Fsp3) is 0.703. The lowest BCUT2D eigenvalue weighted by atomic mass is 9.85. The SMILES string of the molecule is CCOP(=O)(O)[C@@]1(NC(=O)[C@@H]2C[C@@H]3CN2C(=O)[C@H](C(C)(C)C)NC(=O)OCCCCCCc2cccc4c2CN(C4)C(=O)O3)C[C@H]1CC.CC[C@@H]1C[C@]1(NC(=O)[C@@H]1C[C@@H]2CN1C(=O)[C@H](C(C)(C)C)NC(=O)OCCCCCCc1cccc3c1CN(C3)C(=O)O2)P(=O)(O)CC.CC[C@@H]1C[C@]1(NC(=O)[C@@H]1C[C@@H]2CN1C(=O)[C@H](C(C)(C)C)NC(=O)OCCCCCCc1cccc3c1CN(C3)C(=O)O2)P(C)(=O)O. The number of nitrogens with zero attached hydrogens (tertiary/aromatic N) is 6. The van der Waals surface area contributed by atoms with E-state index in [0.29, 0.717) is 90.6 Å². The lowest BCUT2D eigenvalue weighted by molar-refractivity contribution is -0.142. The summed E-state index contributed by atoms with van der Waals surface area (Å²) >= 11 is 0. The van der Waals surface area contributed by atoms with Crippen molar-refractivity contribution in [2.24, 2.45) is 34.0 Å². The van der Waals surface area contributed by atoms with Crippen LogP contribution in [0.4, 0.5) is 28.8 Å². The normalized spacial score (nSPS) is 30.1. The molecular weight excluding hydrogens is 1870 g/mol. The van der Waals surface area contributed by atoms with Crippen LogP contribution in [0.1, 0.15) is 282 Å². The summed E-state index contributed by atoms with van der Waals surface area (Å²) in [5, 5.41) is 12.7. The number of cyclic esters (lactones) is 3. The second-order valence-electron chi connectivity index (χ2n) is 43.7. The number of nitrogens with one attached hydrogen (secondary N) is 6. The van der Waals surface area contributed by atoms with Crippen LogP contribution in [0.15, 0.2) is 54.6 Å². The van der Waals surface area contributed by atoms with Gasteiger partial charge in [-0.3, -0.25) is 57.2 Å². The largest absolute Gasteiger partial charge is 0.450 e. The Morgan fingerprint density at radius 2 is 0.695 bits per heavy atom. The molecule has 15 rings (SSSR count). The van der Waals surface area contributed by atoms with Crippen molar-refractivity contribution in [1.29, 1.82) is 0 Å². The van der Waals surface area contributed by atoms with Crippen molar-refractivity contribution < 1.29 is 119 Å². The van der Waals surface area contributed by atoms with Crippen LogP contribution in [0.5, 0.6) is 0 Å². The van der Waals surface area contributed by atoms with Crippen LogP contribution < -0.4 is 31.9 Å². The minimum Gasteiger partial charge on any atom is -0.450 e. The molecule has 9 aliphatic heterocycles. The summed E-state index contributed by atoms with van der Waals surface area (Å²) in [6.07, 6.45) is 9.78. The summed E-state index contributed by atoms with van der Waals surface area (Å²) in [7, 11) is -11.7. The van der Waals surface area contributed by atoms with E-state index in [9.17, 15) is 85.9 Å². The summed E-state index contributed by atoms with van der Waals surface area (Å²) in [6, 6.07) is 11.9. The number of fused-ring (bicyclic) bond motifs is 9. The van der Waals surface area contributed by atoms with E-state index in [4.69, 9.17) is 32.9 Å². The number of ether oxygens (including phenoxy) is 6. The Morgan fingerprint density at radius 3 is 0.979 bits per heavy atom. The van der Waals surface area contributed by atoms with Gasteiger partial charge in [-0.2, -0.15) is 0 Å². The van der Waals surface area contributed by atoms with Gasteiger partial charge in [-0.15, -0.1) is 0 Å². The van der Waals surface area contributed by atoms with E-state index in [1.54, 1.807) is 70.1 Å². The fourth-order valence-corrected chi connectivity index (χ4v) is 27.7. The number of aryl methyl sites for hydroxylation is 3. The standard InChI is InChI=1S/C34H51N4O9P.C34H51N4O8P.C33H49N4O8P/c1-6-24-18-34(24,48(43,44)46-7-2)36-29(39)27-17-25-20-38(27)30(40)28(33(3,4)5)35-31(41)45-16-11-9-8-10-13-22-14-12-15-23-19-37(21-26(22)23)32(42)47-25;1-6-24-18-34(24,47(43,44)7-2)36-29(39)27-17-25-20-38(27)30(40)28(33(3,4)5)35-31(41)45-16-11-9-8-10-13-22-14-12-15-23-19-37(21-26(22)23)32(42)46-25;1-6-23-17-33(23,46(5,42)43)35-28(38)26-16-24-19-37(26)29(39)27(32(2,3)4)34-30(40)44-15-10-8-7-9-12-21-13-11-14-22-18-36(20-25(21)22)31(41)45-24/h12,14-15,24-25,27-28H,6-11,13,16-21H2,1-5H3,(H,35,41)(H,36,39)(H,43,44);12,14-15,24-25,27-28H,6-11,13,16-21H2,1-5H3,(H,35,41)(H,36,39)(H,43,44);11,13-14,23-24,26-27H,6-10,12,15-20H2,1-5H3,(H,34,40)(H,35,38)(H,42,43)/t2*24-,25-,27+,28-,34+;23-,24-,26+,27-,33+/m111/s1. The number of alkyl carbamates (subject to hydrolysis) is 3. The lowest BCUT2D eigenvalue weighted by Gasteiger charge is -2.35. The van der Waals surface area contributed by atoms with Crippen LogP contribution in [0.2, 0.25) is 0 Å². The fourth-order valence-electron chi connectivity index (χ4n) is 21.9. The molecule has 3 aromatic rings. The van der Waals surface area contributed by atoms with E-state index >= 15 is 0 Å². The van der Waals surface area contributed by atoms with Crippen molar-refractivity contribution >= 4 is 94.3 Å². The molecule has 12 aliphatic rings. The monoisotopic (exact) mass is 2030 g/mol. The summed E-state index contributed by atoms with van der Waals surface area (Å²) in [5.74, 6) is -3.95. The summed E-state index contributed by atoms with van der Waals surface area (Å²) in [5.41, 5.74) is 7.97. The molecule has 3 aromatic carbocycles. The summed E-state index contributed by atoms with van der Waals surface area (Å²) in [4.78, 5) is 205. The molecule has 12 amide bonds. The highest BCUT2D eigenvalue weighted by atomic mass is 31.2. The Morgan fingerprint density at radius 1 is 0.411 bits per heavy atom. The summed E-state index contributed by atoms with van der Waals surface area (Å²) < 4.78 is 79.0. The van der Waals surface area contributed by atoms with Crippen LogP contribution in [-0.2, 0) is 134 Å². The van der Waals surface area contributed by atoms with Gasteiger partial charge in [0.1, 0.15) is 70.4 Å². The highest BCUT2D eigenvalue weighted by Gasteiger charge is 2.69. The molecule has 0 radical (unpaired) electrons. The quantitative estimate of drug-likeness (QED) is 0.0504. The third kappa shape index (κ3) is 24.9. The smallest absolute Gasteiger partial charge is 0.410 e. The number of hydrogen-bond acceptors (Lipinski definition) is 22. The Labute approximate surface area is 828 Å². The first-order valence-electron chi connectivity index (χ1n) is 51.0. The van der Waals surface area contributed by atoms with Crippen LogP contribution in [-0.4, -0.2) is 245 Å². The minimum absolute atomic E-state index is 0.00914. The molecule has 9 heterocycles. The van der Waals surface area contributed by atoms with E-state index in [0.717, 1.165) is 110 Å². The molecular formula is C101H151N12O25P3. The number of carbonyl (C=O) groups excluding carboxylic acids is 12. The third-order valence-electron chi connectivity index (χ3n) is 30.5. The van der Waals surface area contributed by atoms with Gasteiger partial charge in [-0.05, 0) is 168 Å². The summed E-state index contributed by atoms with van der Waals surface area (Å²) in [6.45, 7) is 29.3. The zero-order valence-corrected chi connectivity index (χ0v) is 87.5. The topological polar surface area (TPSA) is 473 Å². The molecule has 6 fully saturated rings. The molecule has 9 N–H and O–H groups in total. The first-order chi connectivity index (χ1) is 66.5. The van der Waals surface area contributed by atoms with Crippen molar-refractivity contribution in [2.75, 3.05) is 58.9 Å². The molecule has 40 heteroatoms. The second kappa shape index (κ2) is 44.7. The van der Waals surface area contributed by atoms with Crippen LogP contribution in [0.3, 0.4) is 0 Å². The highest BCUT2D eigenvalue weighted by Crippen LogP contribution is 2.72. The van der Waals surface area contributed by atoms with Gasteiger partial charge >= 0.3 is 44.2 Å². The number of hydrogen-bond donors (Lipinski definition) is 9. The highest BCUT2D eigenvalue weighted by molar-refractivity contribution is 7.60. The average Bonchev–Trinajstić information content (AvgIpc) is 1.50. The van der Waals surface area contributed by atoms with Crippen molar-refractivity contribution in [3.05, 3.63) is 105 Å².